The Hall–Kier alpha value is -2.30. The van der Waals surface area contributed by atoms with E-state index in [1.165, 1.54) is 0 Å². The van der Waals surface area contributed by atoms with Crippen LogP contribution in [0, 0.1) is 0 Å². The van der Waals surface area contributed by atoms with Gasteiger partial charge in [-0.3, -0.25) is 0 Å². The number of anilines is 3. The van der Waals surface area contributed by atoms with Gasteiger partial charge in [0.1, 0.15) is 5.82 Å². The highest BCUT2D eigenvalue weighted by molar-refractivity contribution is 6.42. The first-order valence-electron chi connectivity index (χ1n) is 8.10. The van der Waals surface area contributed by atoms with Crippen LogP contribution in [0.5, 0.6) is 0 Å². The van der Waals surface area contributed by atoms with Crippen LogP contribution in [0.25, 0.3) is 11.3 Å². The van der Waals surface area contributed by atoms with Crippen molar-refractivity contribution in [1.29, 1.82) is 0 Å². The second-order valence-corrected chi connectivity index (χ2v) is 6.81. The molecule has 0 atom stereocenters. The zero-order valence-corrected chi connectivity index (χ0v) is 14.8. The molecule has 2 N–H and O–H groups in total. The lowest BCUT2D eigenvalue weighted by Crippen LogP contribution is -2.07. The topological polar surface area (TPSA) is 49.8 Å². The van der Waals surface area contributed by atoms with E-state index in [1.54, 1.807) is 12.1 Å². The summed E-state index contributed by atoms with van der Waals surface area (Å²) in [6, 6.07) is 17.9. The Morgan fingerprint density at radius 1 is 0.880 bits per heavy atom. The van der Waals surface area contributed by atoms with E-state index < -0.39 is 0 Å². The maximum absolute atomic E-state index is 6.10. The summed E-state index contributed by atoms with van der Waals surface area (Å²) in [5, 5.41) is 7.67. The highest BCUT2D eigenvalue weighted by Crippen LogP contribution is 2.29. The Kier molecular flexibility index (Phi) is 4.47. The van der Waals surface area contributed by atoms with E-state index in [9.17, 15) is 0 Å². The van der Waals surface area contributed by atoms with E-state index >= 15 is 0 Å². The van der Waals surface area contributed by atoms with Gasteiger partial charge in [0.2, 0.25) is 5.95 Å². The van der Waals surface area contributed by atoms with Crippen molar-refractivity contribution in [3.8, 4) is 11.3 Å². The van der Waals surface area contributed by atoms with Crippen LogP contribution in [0.15, 0.2) is 54.6 Å². The third-order valence-corrected chi connectivity index (χ3v) is 4.64. The van der Waals surface area contributed by atoms with Gasteiger partial charge in [-0.15, -0.1) is 0 Å². The number of hydrogen-bond donors (Lipinski definition) is 2. The highest BCUT2D eigenvalue weighted by atomic mass is 35.5. The summed E-state index contributed by atoms with van der Waals surface area (Å²) in [6.07, 6.45) is 2.32. The van der Waals surface area contributed by atoms with E-state index in [-0.39, 0.29) is 0 Å². The number of aromatic nitrogens is 2. The number of nitrogens with zero attached hydrogens (tertiary/aromatic N) is 2. The van der Waals surface area contributed by atoms with Gasteiger partial charge in [0.15, 0.2) is 0 Å². The molecule has 0 aliphatic heterocycles. The molecular weight excluding hydrogens is 355 g/mol. The van der Waals surface area contributed by atoms with Crippen molar-refractivity contribution in [2.75, 3.05) is 10.6 Å². The lowest BCUT2D eigenvalue weighted by molar-refractivity contribution is 1.06. The second kappa shape index (κ2) is 6.90. The summed E-state index contributed by atoms with van der Waals surface area (Å²) in [5.74, 6) is 1.34. The molecule has 1 aromatic heterocycles. The third kappa shape index (κ3) is 4.03. The smallest absolute Gasteiger partial charge is 0.225 e. The molecule has 25 heavy (non-hydrogen) atoms. The van der Waals surface area contributed by atoms with Crippen molar-refractivity contribution < 1.29 is 0 Å². The quantitative estimate of drug-likeness (QED) is 0.598. The third-order valence-electron chi connectivity index (χ3n) is 3.90. The molecule has 1 aliphatic carbocycles. The fraction of sp³-hybridized carbons (Fsp3) is 0.158. The van der Waals surface area contributed by atoms with E-state index in [2.05, 4.69) is 20.6 Å². The Morgan fingerprint density at radius 2 is 1.68 bits per heavy atom. The number of benzene rings is 2. The van der Waals surface area contributed by atoms with Crippen molar-refractivity contribution >= 4 is 40.7 Å². The first kappa shape index (κ1) is 16.2. The molecule has 3 aromatic rings. The number of halogens is 2. The predicted molar refractivity (Wildman–Crippen MR) is 104 cm³/mol. The second-order valence-electron chi connectivity index (χ2n) is 6.00. The van der Waals surface area contributed by atoms with Gasteiger partial charge in [0, 0.05) is 23.4 Å². The van der Waals surface area contributed by atoms with Gasteiger partial charge in [-0.1, -0.05) is 53.5 Å². The first-order chi connectivity index (χ1) is 12.2. The van der Waals surface area contributed by atoms with Crippen LogP contribution >= 0.6 is 23.2 Å². The monoisotopic (exact) mass is 370 g/mol. The van der Waals surface area contributed by atoms with Crippen LogP contribution in [0.1, 0.15) is 12.8 Å². The molecule has 0 amide bonds. The number of hydrogen-bond acceptors (Lipinski definition) is 4. The van der Waals surface area contributed by atoms with Crippen LogP contribution in [0.4, 0.5) is 17.5 Å². The Balaban J connectivity index is 1.68. The molecule has 1 saturated carbocycles. The highest BCUT2D eigenvalue weighted by Gasteiger charge is 2.22. The number of rotatable bonds is 5. The average Bonchev–Trinajstić information content (AvgIpc) is 3.43. The van der Waals surface area contributed by atoms with Crippen molar-refractivity contribution in [3.05, 3.63) is 64.6 Å². The Labute approximate surface area is 156 Å². The largest absolute Gasteiger partial charge is 0.351 e. The predicted octanol–water partition coefficient (Wildman–Crippen LogP) is 5.77. The molecule has 0 spiro atoms. The van der Waals surface area contributed by atoms with Crippen LogP contribution in [0.3, 0.4) is 0 Å². The molecule has 6 heteroatoms. The van der Waals surface area contributed by atoms with Gasteiger partial charge in [-0.2, -0.15) is 4.98 Å². The summed E-state index contributed by atoms with van der Waals surface area (Å²) in [7, 11) is 0. The van der Waals surface area contributed by atoms with Crippen LogP contribution in [0.2, 0.25) is 10.0 Å². The Bertz CT molecular complexity index is 895. The molecule has 4 nitrogen and oxygen atoms in total. The Morgan fingerprint density at radius 3 is 2.40 bits per heavy atom. The minimum absolute atomic E-state index is 0.476. The summed E-state index contributed by atoms with van der Waals surface area (Å²) >= 11 is 12.1. The molecular formula is C19H16Cl2N4. The maximum atomic E-state index is 6.10. The zero-order chi connectivity index (χ0) is 17.2. The molecule has 126 valence electrons. The SMILES string of the molecule is Clc1ccc(Nc2cc(-c3ccccc3)nc(NC3CC3)n2)cc1Cl. The molecule has 1 fully saturated rings. The zero-order valence-electron chi connectivity index (χ0n) is 13.3. The molecule has 0 radical (unpaired) electrons. The summed E-state index contributed by atoms with van der Waals surface area (Å²) in [6.45, 7) is 0. The van der Waals surface area contributed by atoms with Crippen molar-refractivity contribution in [1.82, 2.24) is 9.97 Å². The summed E-state index contributed by atoms with van der Waals surface area (Å²) in [5.41, 5.74) is 2.73. The normalized spacial score (nSPS) is 13.5. The molecule has 1 aliphatic rings. The van der Waals surface area contributed by atoms with Gasteiger partial charge >= 0.3 is 0 Å². The summed E-state index contributed by atoms with van der Waals surface area (Å²) in [4.78, 5) is 9.22. The van der Waals surface area contributed by atoms with E-state index in [1.807, 2.05) is 42.5 Å². The summed E-state index contributed by atoms with van der Waals surface area (Å²) < 4.78 is 0. The van der Waals surface area contributed by atoms with E-state index in [0.29, 0.717) is 27.9 Å². The van der Waals surface area contributed by atoms with E-state index in [0.717, 1.165) is 29.8 Å². The molecule has 1 heterocycles. The molecule has 0 unspecified atom stereocenters. The minimum atomic E-state index is 0.476. The van der Waals surface area contributed by atoms with E-state index in [4.69, 9.17) is 23.2 Å². The fourth-order valence-corrected chi connectivity index (χ4v) is 2.76. The van der Waals surface area contributed by atoms with Gasteiger partial charge in [0.25, 0.3) is 0 Å². The lowest BCUT2D eigenvalue weighted by Gasteiger charge is -2.11. The fourth-order valence-electron chi connectivity index (χ4n) is 2.46. The lowest BCUT2D eigenvalue weighted by atomic mass is 10.1. The van der Waals surface area contributed by atoms with Crippen LogP contribution < -0.4 is 10.6 Å². The molecule has 0 bridgehead atoms. The average molecular weight is 371 g/mol. The van der Waals surface area contributed by atoms with Gasteiger partial charge in [-0.25, -0.2) is 4.98 Å². The molecule has 2 aromatic carbocycles. The first-order valence-corrected chi connectivity index (χ1v) is 8.86. The van der Waals surface area contributed by atoms with Crippen LogP contribution in [-0.2, 0) is 0 Å². The minimum Gasteiger partial charge on any atom is -0.351 e. The van der Waals surface area contributed by atoms with Crippen LogP contribution in [-0.4, -0.2) is 16.0 Å². The van der Waals surface area contributed by atoms with Crippen molar-refractivity contribution in [2.24, 2.45) is 0 Å². The molecule has 4 rings (SSSR count). The standard InChI is InChI=1S/C19H16Cl2N4/c20-15-9-8-14(10-16(15)21)22-18-11-17(12-4-2-1-3-5-12)24-19(25-18)23-13-6-7-13/h1-5,8-11,13H,6-7H2,(H2,22,23,24,25). The van der Waals surface area contributed by atoms with Gasteiger partial charge in [-0.05, 0) is 31.0 Å². The van der Waals surface area contributed by atoms with Crippen molar-refractivity contribution in [2.45, 2.75) is 18.9 Å². The molecule has 0 saturated heterocycles. The van der Waals surface area contributed by atoms with Gasteiger partial charge in [0.05, 0.1) is 15.7 Å². The van der Waals surface area contributed by atoms with Gasteiger partial charge < -0.3 is 10.6 Å². The van der Waals surface area contributed by atoms with Crippen molar-refractivity contribution in [3.63, 3.8) is 0 Å². The number of nitrogens with one attached hydrogen (secondary N) is 2. The maximum Gasteiger partial charge on any atom is 0.225 e.